The molecule has 0 unspecified atom stereocenters. The van der Waals surface area contributed by atoms with E-state index in [4.69, 9.17) is 0 Å². The Hall–Kier alpha value is -3.40. The second kappa shape index (κ2) is 8.81. The van der Waals surface area contributed by atoms with Gasteiger partial charge < -0.3 is 10.6 Å². The van der Waals surface area contributed by atoms with Gasteiger partial charge in [0.15, 0.2) is 0 Å². The number of carbonyl (C=O) groups excluding carboxylic acids is 2. The summed E-state index contributed by atoms with van der Waals surface area (Å²) in [5.41, 5.74) is 3.92. The molecule has 0 atom stereocenters. The van der Waals surface area contributed by atoms with Gasteiger partial charge in [0, 0.05) is 12.1 Å². The summed E-state index contributed by atoms with van der Waals surface area (Å²) in [6, 6.07) is 24.1. The number of amides is 2. The molecule has 0 aliphatic heterocycles. The molecular weight excluding hydrogens is 336 g/mol. The van der Waals surface area contributed by atoms with E-state index in [0.29, 0.717) is 23.4 Å². The first-order valence-electron chi connectivity index (χ1n) is 8.93. The minimum Gasteiger partial charge on any atom is -0.352 e. The highest BCUT2D eigenvalue weighted by Crippen LogP contribution is 2.16. The predicted molar refractivity (Wildman–Crippen MR) is 108 cm³/mol. The minimum atomic E-state index is -0.240. The summed E-state index contributed by atoms with van der Waals surface area (Å²) < 4.78 is 0. The molecule has 0 aliphatic rings. The number of nitrogens with one attached hydrogen (secondary N) is 2. The quantitative estimate of drug-likeness (QED) is 0.693. The van der Waals surface area contributed by atoms with Crippen molar-refractivity contribution in [3.63, 3.8) is 0 Å². The third-order valence-corrected chi connectivity index (χ3v) is 4.40. The molecule has 3 aromatic rings. The van der Waals surface area contributed by atoms with Crippen molar-refractivity contribution in [2.45, 2.75) is 13.3 Å². The molecule has 3 aromatic carbocycles. The van der Waals surface area contributed by atoms with Crippen LogP contribution in [0.15, 0.2) is 78.9 Å². The van der Waals surface area contributed by atoms with Crippen molar-refractivity contribution in [2.75, 3.05) is 11.9 Å². The van der Waals surface area contributed by atoms with Gasteiger partial charge in [-0.15, -0.1) is 0 Å². The van der Waals surface area contributed by atoms with Crippen LogP contribution in [0.3, 0.4) is 0 Å². The number of para-hydroxylation sites is 1. The number of anilines is 1. The van der Waals surface area contributed by atoms with Gasteiger partial charge in [0.1, 0.15) is 0 Å². The van der Waals surface area contributed by atoms with Gasteiger partial charge in [-0.2, -0.15) is 0 Å². The van der Waals surface area contributed by atoms with Crippen LogP contribution >= 0.6 is 0 Å². The minimum absolute atomic E-state index is 0.201. The van der Waals surface area contributed by atoms with Gasteiger partial charge in [0.2, 0.25) is 0 Å². The van der Waals surface area contributed by atoms with Crippen LogP contribution in [0.5, 0.6) is 0 Å². The summed E-state index contributed by atoms with van der Waals surface area (Å²) in [6.07, 6.45) is 0.761. The molecule has 0 radical (unpaired) electrons. The highest BCUT2D eigenvalue weighted by molar-refractivity contribution is 6.08. The number of aryl methyl sites for hydroxylation is 1. The maximum atomic E-state index is 12.6. The molecule has 2 amide bonds. The average molecular weight is 358 g/mol. The third kappa shape index (κ3) is 4.82. The normalized spacial score (nSPS) is 10.3. The van der Waals surface area contributed by atoms with Crippen molar-refractivity contribution in [1.82, 2.24) is 5.32 Å². The SMILES string of the molecule is Cc1ccccc1CCNC(=O)c1ccccc1NC(=O)c1ccccc1. The fraction of sp³-hybridized carbons (Fsp3) is 0.130. The molecule has 0 bridgehead atoms. The predicted octanol–water partition coefficient (Wildman–Crippen LogP) is 4.22. The van der Waals surface area contributed by atoms with Crippen LogP contribution < -0.4 is 10.6 Å². The fourth-order valence-corrected chi connectivity index (χ4v) is 2.87. The van der Waals surface area contributed by atoms with Crippen LogP contribution in [0.1, 0.15) is 31.8 Å². The molecule has 0 aromatic heterocycles. The molecule has 4 nitrogen and oxygen atoms in total. The summed E-state index contributed by atoms with van der Waals surface area (Å²) in [7, 11) is 0. The number of rotatable bonds is 6. The summed E-state index contributed by atoms with van der Waals surface area (Å²) >= 11 is 0. The first-order chi connectivity index (χ1) is 13.1. The average Bonchev–Trinajstić information content (AvgIpc) is 2.70. The van der Waals surface area contributed by atoms with Crippen LogP contribution in [0, 0.1) is 6.92 Å². The maximum Gasteiger partial charge on any atom is 0.255 e. The van der Waals surface area contributed by atoms with Gasteiger partial charge >= 0.3 is 0 Å². The number of hydrogen-bond donors (Lipinski definition) is 2. The van der Waals surface area contributed by atoms with E-state index in [0.717, 1.165) is 6.42 Å². The second-order valence-electron chi connectivity index (χ2n) is 6.30. The van der Waals surface area contributed by atoms with Crippen molar-refractivity contribution >= 4 is 17.5 Å². The highest BCUT2D eigenvalue weighted by Gasteiger charge is 2.13. The van der Waals surface area contributed by atoms with Crippen LogP contribution in [0.4, 0.5) is 5.69 Å². The first-order valence-corrected chi connectivity index (χ1v) is 8.93. The van der Waals surface area contributed by atoms with E-state index < -0.39 is 0 Å². The van der Waals surface area contributed by atoms with Gasteiger partial charge in [-0.05, 0) is 48.7 Å². The van der Waals surface area contributed by atoms with Crippen molar-refractivity contribution in [3.05, 3.63) is 101 Å². The summed E-state index contributed by atoms with van der Waals surface area (Å²) in [5, 5.41) is 5.76. The lowest BCUT2D eigenvalue weighted by Gasteiger charge is -2.12. The molecule has 0 fully saturated rings. The van der Waals surface area contributed by atoms with Crippen LogP contribution in [-0.4, -0.2) is 18.4 Å². The summed E-state index contributed by atoms with van der Waals surface area (Å²) in [4.78, 5) is 25.0. The zero-order valence-corrected chi connectivity index (χ0v) is 15.2. The van der Waals surface area contributed by atoms with Gasteiger partial charge in [0.25, 0.3) is 11.8 Å². The Bertz CT molecular complexity index is 936. The Balaban J connectivity index is 1.65. The molecule has 27 heavy (non-hydrogen) atoms. The molecule has 4 heteroatoms. The van der Waals surface area contributed by atoms with E-state index in [1.54, 1.807) is 48.5 Å². The summed E-state index contributed by atoms with van der Waals surface area (Å²) in [5.74, 6) is -0.441. The van der Waals surface area contributed by atoms with Crippen LogP contribution in [-0.2, 0) is 6.42 Å². The highest BCUT2D eigenvalue weighted by atomic mass is 16.2. The van der Waals surface area contributed by atoms with Crippen LogP contribution in [0.25, 0.3) is 0 Å². The number of carbonyl (C=O) groups is 2. The lowest BCUT2D eigenvalue weighted by Crippen LogP contribution is -2.27. The Labute approximate surface area is 159 Å². The van der Waals surface area contributed by atoms with E-state index >= 15 is 0 Å². The Morgan fingerprint density at radius 1 is 0.778 bits per heavy atom. The van der Waals surface area contributed by atoms with Crippen LogP contribution in [0.2, 0.25) is 0 Å². The number of benzene rings is 3. The van der Waals surface area contributed by atoms with Gasteiger partial charge in [0.05, 0.1) is 11.3 Å². The zero-order valence-electron chi connectivity index (χ0n) is 15.2. The van der Waals surface area contributed by atoms with Gasteiger partial charge in [-0.25, -0.2) is 0 Å². The van der Waals surface area contributed by atoms with Gasteiger partial charge in [-0.1, -0.05) is 54.6 Å². The standard InChI is InChI=1S/C23H22N2O2/c1-17-9-5-6-10-18(17)15-16-24-23(27)20-13-7-8-14-21(20)25-22(26)19-11-3-2-4-12-19/h2-14H,15-16H2,1H3,(H,24,27)(H,25,26). The molecule has 0 saturated heterocycles. The first kappa shape index (κ1) is 18.4. The Morgan fingerprint density at radius 3 is 2.22 bits per heavy atom. The molecule has 136 valence electrons. The third-order valence-electron chi connectivity index (χ3n) is 4.40. The lowest BCUT2D eigenvalue weighted by molar-refractivity contribution is 0.0955. The van der Waals surface area contributed by atoms with Crippen molar-refractivity contribution in [1.29, 1.82) is 0 Å². The van der Waals surface area contributed by atoms with Crippen molar-refractivity contribution < 1.29 is 9.59 Å². The summed E-state index contributed by atoms with van der Waals surface area (Å²) in [6.45, 7) is 2.59. The second-order valence-corrected chi connectivity index (χ2v) is 6.30. The molecule has 0 aliphatic carbocycles. The number of hydrogen-bond acceptors (Lipinski definition) is 2. The molecule has 0 heterocycles. The monoisotopic (exact) mass is 358 g/mol. The molecule has 2 N–H and O–H groups in total. The molecule has 0 saturated carbocycles. The van der Waals surface area contributed by atoms with E-state index in [1.165, 1.54) is 11.1 Å². The van der Waals surface area contributed by atoms with E-state index in [1.807, 2.05) is 18.2 Å². The van der Waals surface area contributed by atoms with E-state index in [9.17, 15) is 9.59 Å². The molecule has 3 rings (SSSR count). The van der Waals surface area contributed by atoms with Gasteiger partial charge in [-0.3, -0.25) is 9.59 Å². The smallest absolute Gasteiger partial charge is 0.255 e. The van der Waals surface area contributed by atoms with Crippen molar-refractivity contribution in [3.8, 4) is 0 Å². The van der Waals surface area contributed by atoms with E-state index in [2.05, 4.69) is 29.7 Å². The topological polar surface area (TPSA) is 58.2 Å². The maximum absolute atomic E-state index is 12.6. The Kier molecular flexibility index (Phi) is 6.00. The zero-order chi connectivity index (χ0) is 19.1. The van der Waals surface area contributed by atoms with Crippen molar-refractivity contribution in [2.24, 2.45) is 0 Å². The molecule has 0 spiro atoms. The Morgan fingerprint density at radius 2 is 1.44 bits per heavy atom. The lowest BCUT2D eigenvalue weighted by atomic mass is 10.1. The largest absolute Gasteiger partial charge is 0.352 e. The van der Waals surface area contributed by atoms with E-state index in [-0.39, 0.29) is 11.8 Å². The molecular formula is C23H22N2O2. The fourth-order valence-electron chi connectivity index (χ4n) is 2.87.